The highest BCUT2D eigenvalue weighted by Gasteiger charge is 2.12. The van der Waals surface area contributed by atoms with Gasteiger partial charge in [0.2, 0.25) is 11.9 Å². The number of halogens is 1. The Morgan fingerprint density at radius 2 is 1.79 bits per heavy atom. The van der Waals surface area contributed by atoms with Crippen molar-refractivity contribution >= 4 is 29.0 Å². The number of anilines is 3. The highest BCUT2D eigenvalue weighted by molar-refractivity contribution is 5.95. The van der Waals surface area contributed by atoms with Gasteiger partial charge in [0.05, 0.1) is 0 Å². The molecule has 8 heteroatoms. The molecule has 0 unspecified atom stereocenters. The maximum atomic E-state index is 13.4. The van der Waals surface area contributed by atoms with Crippen molar-refractivity contribution in [1.82, 2.24) is 9.55 Å². The molecule has 2 aromatic carbocycles. The van der Waals surface area contributed by atoms with Gasteiger partial charge < -0.3 is 10.6 Å². The SMILES string of the molecule is CC(=O)c1ccc(NC(=O)Cn2c(Nc3cccc(F)c3)nc(C)cc2=O)cc1. The lowest BCUT2D eigenvalue weighted by atomic mass is 10.1. The third-order valence-electron chi connectivity index (χ3n) is 4.09. The minimum absolute atomic E-state index is 0.0757. The normalized spacial score (nSPS) is 10.4. The van der Waals surface area contributed by atoms with Crippen LogP contribution in [0.2, 0.25) is 0 Å². The summed E-state index contributed by atoms with van der Waals surface area (Å²) in [7, 11) is 0. The smallest absolute Gasteiger partial charge is 0.255 e. The Balaban J connectivity index is 1.81. The number of rotatable bonds is 6. The van der Waals surface area contributed by atoms with Gasteiger partial charge in [-0.1, -0.05) is 6.07 Å². The molecule has 0 saturated carbocycles. The third kappa shape index (κ3) is 5.13. The zero-order valence-electron chi connectivity index (χ0n) is 15.9. The van der Waals surface area contributed by atoms with Gasteiger partial charge in [-0.25, -0.2) is 9.37 Å². The van der Waals surface area contributed by atoms with E-state index in [2.05, 4.69) is 15.6 Å². The zero-order valence-corrected chi connectivity index (χ0v) is 15.9. The molecule has 148 valence electrons. The van der Waals surface area contributed by atoms with Gasteiger partial charge in [-0.3, -0.25) is 19.0 Å². The Morgan fingerprint density at radius 3 is 2.45 bits per heavy atom. The standard InChI is InChI=1S/C21H19FN4O3/c1-13-10-20(29)26(21(23-13)25-18-5-3-4-16(22)11-18)12-19(28)24-17-8-6-15(7-9-17)14(2)27/h3-11H,12H2,1-2H3,(H,23,25)(H,24,28). The number of ketones is 1. The first kappa shape index (κ1) is 19.9. The maximum absolute atomic E-state index is 13.4. The van der Waals surface area contributed by atoms with Crippen LogP contribution in [0.1, 0.15) is 23.0 Å². The predicted molar refractivity (Wildman–Crippen MR) is 108 cm³/mol. The van der Waals surface area contributed by atoms with Crippen LogP contribution in [-0.4, -0.2) is 21.2 Å². The highest BCUT2D eigenvalue weighted by atomic mass is 19.1. The van der Waals surface area contributed by atoms with E-state index in [1.165, 1.54) is 31.2 Å². The van der Waals surface area contributed by atoms with E-state index in [0.29, 0.717) is 22.6 Å². The van der Waals surface area contributed by atoms with Crippen LogP contribution in [0, 0.1) is 12.7 Å². The van der Waals surface area contributed by atoms with Crippen LogP contribution in [0.15, 0.2) is 59.4 Å². The molecule has 1 aromatic heterocycles. The van der Waals surface area contributed by atoms with Crippen molar-refractivity contribution in [2.75, 3.05) is 10.6 Å². The molecule has 0 aliphatic rings. The summed E-state index contributed by atoms with van der Waals surface area (Å²) in [6.45, 7) is 2.81. The molecular formula is C21H19FN4O3. The van der Waals surface area contributed by atoms with E-state index in [9.17, 15) is 18.8 Å². The average molecular weight is 394 g/mol. The van der Waals surface area contributed by atoms with Crippen LogP contribution in [-0.2, 0) is 11.3 Å². The van der Waals surface area contributed by atoms with Gasteiger partial charge in [0.1, 0.15) is 12.4 Å². The second-order valence-corrected chi connectivity index (χ2v) is 6.46. The first-order valence-corrected chi connectivity index (χ1v) is 8.84. The highest BCUT2D eigenvalue weighted by Crippen LogP contribution is 2.16. The number of hydrogen-bond donors (Lipinski definition) is 2. The summed E-state index contributed by atoms with van der Waals surface area (Å²) in [5, 5.41) is 5.55. The fourth-order valence-electron chi connectivity index (χ4n) is 2.70. The summed E-state index contributed by atoms with van der Waals surface area (Å²) in [5.74, 6) is -0.838. The fraction of sp³-hybridized carbons (Fsp3) is 0.143. The van der Waals surface area contributed by atoms with Crippen LogP contribution in [0.25, 0.3) is 0 Å². The fourth-order valence-corrected chi connectivity index (χ4v) is 2.70. The number of carbonyl (C=O) groups excluding carboxylic acids is 2. The molecule has 0 radical (unpaired) electrons. The average Bonchev–Trinajstić information content (AvgIpc) is 2.65. The number of Topliss-reactive ketones (excluding diaryl/α,β-unsaturated/α-hetero) is 1. The molecule has 0 saturated heterocycles. The molecule has 1 heterocycles. The van der Waals surface area contributed by atoms with E-state index in [1.54, 1.807) is 37.3 Å². The van der Waals surface area contributed by atoms with Crippen molar-refractivity contribution in [3.8, 4) is 0 Å². The minimum Gasteiger partial charge on any atom is -0.325 e. The lowest BCUT2D eigenvalue weighted by Gasteiger charge is -2.14. The van der Waals surface area contributed by atoms with E-state index in [-0.39, 0.29) is 18.3 Å². The Kier molecular flexibility index (Phi) is 5.82. The van der Waals surface area contributed by atoms with Gasteiger partial charge in [-0.05, 0) is 56.3 Å². The summed E-state index contributed by atoms with van der Waals surface area (Å²) < 4.78 is 14.6. The molecule has 0 spiro atoms. The first-order chi connectivity index (χ1) is 13.8. The Bertz CT molecular complexity index is 1120. The maximum Gasteiger partial charge on any atom is 0.255 e. The lowest BCUT2D eigenvalue weighted by Crippen LogP contribution is -2.30. The summed E-state index contributed by atoms with van der Waals surface area (Å²) >= 11 is 0. The van der Waals surface area contributed by atoms with Gasteiger partial charge in [0, 0.05) is 28.7 Å². The molecule has 0 fully saturated rings. The van der Waals surface area contributed by atoms with Crippen LogP contribution in [0.3, 0.4) is 0 Å². The van der Waals surface area contributed by atoms with Crippen LogP contribution in [0.5, 0.6) is 0 Å². The van der Waals surface area contributed by atoms with E-state index < -0.39 is 17.3 Å². The molecule has 0 bridgehead atoms. The second kappa shape index (κ2) is 8.47. The summed E-state index contributed by atoms with van der Waals surface area (Å²) in [6.07, 6.45) is 0. The quantitative estimate of drug-likeness (QED) is 0.626. The number of aromatic nitrogens is 2. The van der Waals surface area contributed by atoms with E-state index in [1.807, 2.05) is 0 Å². The molecule has 1 amide bonds. The topological polar surface area (TPSA) is 93.1 Å². The van der Waals surface area contributed by atoms with Crippen molar-refractivity contribution in [3.63, 3.8) is 0 Å². The van der Waals surface area contributed by atoms with Crippen LogP contribution >= 0.6 is 0 Å². The summed E-state index contributed by atoms with van der Waals surface area (Å²) in [5.41, 5.74) is 1.47. The Morgan fingerprint density at radius 1 is 1.07 bits per heavy atom. The molecule has 7 nitrogen and oxygen atoms in total. The summed E-state index contributed by atoms with van der Waals surface area (Å²) in [4.78, 5) is 40.5. The molecule has 0 atom stereocenters. The van der Waals surface area contributed by atoms with E-state index in [0.717, 1.165) is 4.57 Å². The van der Waals surface area contributed by atoms with Gasteiger partial charge in [0.15, 0.2) is 5.78 Å². The van der Waals surface area contributed by atoms with Crippen LogP contribution in [0.4, 0.5) is 21.7 Å². The molecule has 3 aromatic rings. The van der Waals surface area contributed by atoms with Crippen molar-refractivity contribution in [2.45, 2.75) is 20.4 Å². The number of nitrogens with one attached hydrogen (secondary N) is 2. The van der Waals surface area contributed by atoms with Gasteiger partial charge in [0.25, 0.3) is 5.56 Å². The van der Waals surface area contributed by atoms with Crippen LogP contribution < -0.4 is 16.2 Å². The zero-order chi connectivity index (χ0) is 21.0. The first-order valence-electron chi connectivity index (χ1n) is 8.84. The molecule has 2 N–H and O–H groups in total. The molecule has 0 aliphatic heterocycles. The monoisotopic (exact) mass is 394 g/mol. The Labute approximate surface area is 166 Å². The third-order valence-corrected chi connectivity index (χ3v) is 4.09. The van der Waals surface area contributed by atoms with E-state index >= 15 is 0 Å². The Hall–Kier alpha value is -3.81. The summed E-state index contributed by atoms with van der Waals surface area (Å²) in [6, 6.07) is 13.4. The number of carbonyl (C=O) groups is 2. The largest absolute Gasteiger partial charge is 0.325 e. The van der Waals surface area contributed by atoms with Crippen molar-refractivity contribution in [3.05, 3.63) is 82.0 Å². The van der Waals surface area contributed by atoms with Crippen molar-refractivity contribution < 1.29 is 14.0 Å². The molecular weight excluding hydrogens is 375 g/mol. The van der Waals surface area contributed by atoms with Crippen molar-refractivity contribution in [2.24, 2.45) is 0 Å². The molecule has 0 aliphatic carbocycles. The second-order valence-electron chi connectivity index (χ2n) is 6.46. The number of benzene rings is 2. The predicted octanol–water partition coefficient (Wildman–Crippen LogP) is 3.28. The number of amides is 1. The molecule has 29 heavy (non-hydrogen) atoms. The number of nitrogens with zero attached hydrogens (tertiary/aromatic N) is 2. The van der Waals surface area contributed by atoms with Crippen molar-refractivity contribution in [1.29, 1.82) is 0 Å². The lowest BCUT2D eigenvalue weighted by molar-refractivity contribution is -0.116. The molecule has 3 rings (SSSR count). The number of hydrogen-bond acceptors (Lipinski definition) is 5. The van der Waals surface area contributed by atoms with Gasteiger partial charge in [-0.2, -0.15) is 0 Å². The minimum atomic E-state index is -0.448. The van der Waals surface area contributed by atoms with Gasteiger partial charge >= 0.3 is 0 Å². The van der Waals surface area contributed by atoms with Gasteiger partial charge in [-0.15, -0.1) is 0 Å². The number of aryl methyl sites for hydroxylation is 1. The van der Waals surface area contributed by atoms with E-state index in [4.69, 9.17) is 0 Å².